The fraction of sp³-hybridized carbons (Fsp3) is 0.800. The quantitative estimate of drug-likeness (QED) is 0.533. The van der Waals surface area contributed by atoms with Crippen LogP contribution in [0.1, 0.15) is 26.2 Å². The van der Waals surface area contributed by atoms with Gasteiger partial charge in [0.1, 0.15) is 6.04 Å². The Balaban J connectivity index is 2.21. The summed E-state index contributed by atoms with van der Waals surface area (Å²) in [4.78, 5) is 22.7. The van der Waals surface area contributed by atoms with E-state index in [1.165, 1.54) is 0 Å². The summed E-state index contributed by atoms with van der Waals surface area (Å²) in [5.74, 6) is -0.115. The molecular formula is C10H19N3O2. The first-order chi connectivity index (χ1) is 7.24. The second kappa shape index (κ2) is 6.40. The Bertz CT molecular complexity index is 231. The molecule has 5 nitrogen and oxygen atoms in total. The van der Waals surface area contributed by atoms with Crippen LogP contribution in [-0.4, -0.2) is 37.5 Å². The van der Waals surface area contributed by atoms with Gasteiger partial charge in [-0.1, -0.05) is 6.92 Å². The van der Waals surface area contributed by atoms with E-state index in [-0.39, 0.29) is 17.9 Å². The number of carbonyl (C=O) groups excluding carboxylic acids is 2. The molecule has 1 atom stereocenters. The summed E-state index contributed by atoms with van der Waals surface area (Å²) in [7, 11) is 0. The maximum atomic E-state index is 11.4. The highest BCUT2D eigenvalue weighted by Crippen LogP contribution is 2.02. The van der Waals surface area contributed by atoms with Crippen LogP contribution in [0, 0.1) is 0 Å². The third kappa shape index (κ3) is 4.29. The van der Waals surface area contributed by atoms with Gasteiger partial charge in [0.05, 0.1) is 0 Å². The highest BCUT2D eigenvalue weighted by atomic mass is 16.2. The fourth-order valence-corrected chi connectivity index (χ4v) is 1.55. The van der Waals surface area contributed by atoms with E-state index in [2.05, 4.69) is 16.0 Å². The van der Waals surface area contributed by atoms with Gasteiger partial charge in [0.2, 0.25) is 11.8 Å². The van der Waals surface area contributed by atoms with E-state index in [1.807, 2.05) is 6.92 Å². The number of carbonyl (C=O) groups is 2. The average Bonchev–Trinajstić information content (AvgIpc) is 2.22. The van der Waals surface area contributed by atoms with Crippen molar-refractivity contribution in [2.75, 3.05) is 19.6 Å². The van der Waals surface area contributed by atoms with Crippen molar-refractivity contribution >= 4 is 11.8 Å². The van der Waals surface area contributed by atoms with E-state index in [4.69, 9.17) is 0 Å². The number of piperidine rings is 1. The first-order valence-electron chi connectivity index (χ1n) is 5.52. The molecule has 0 saturated carbocycles. The number of rotatable bonds is 5. The molecule has 3 N–H and O–H groups in total. The molecule has 1 fully saturated rings. The molecule has 0 aromatic carbocycles. The maximum absolute atomic E-state index is 11.4. The zero-order valence-electron chi connectivity index (χ0n) is 9.14. The molecule has 0 bridgehead atoms. The van der Waals surface area contributed by atoms with E-state index in [0.29, 0.717) is 13.0 Å². The van der Waals surface area contributed by atoms with E-state index < -0.39 is 0 Å². The van der Waals surface area contributed by atoms with Crippen molar-refractivity contribution in [3.8, 4) is 0 Å². The smallest absolute Gasteiger partial charge is 0.242 e. The van der Waals surface area contributed by atoms with E-state index >= 15 is 0 Å². The predicted molar refractivity (Wildman–Crippen MR) is 57.3 cm³/mol. The predicted octanol–water partition coefficient (Wildman–Crippen LogP) is -0.619. The normalized spacial score (nSPS) is 20.9. The van der Waals surface area contributed by atoms with Crippen LogP contribution in [0.2, 0.25) is 0 Å². The van der Waals surface area contributed by atoms with Gasteiger partial charge in [-0.3, -0.25) is 9.59 Å². The molecule has 2 amide bonds. The molecule has 0 aliphatic carbocycles. The van der Waals surface area contributed by atoms with Gasteiger partial charge in [0, 0.05) is 19.5 Å². The lowest BCUT2D eigenvalue weighted by atomic mass is 10.1. The van der Waals surface area contributed by atoms with Crippen molar-refractivity contribution in [3.05, 3.63) is 0 Å². The Hall–Kier alpha value is -1.10. The molecule has 1 unspecified atom stereocenters. The molecule has 0 radical (unpaired) electrons. The van der Waals surface area contributed by atoms with Crippen LogP contribution in [-0.2, 0) is 9.59 Å². The third-order valence-electron chi connectivity index (χ3n) is 2.40. The van der Waals surface area contributed by atoms with Crippen LogP contribution < -0.4 is 16.0 Å². The molecule has 0 aromatic heterocycles. The largest absolute Gasteiger partial charge is 0.354 e. The highest BCUT2D eigenvalue weighted by Gasteiger charge is 2.22. The van der Waals surface area contributed by atoms with Crippen LogP contribution in [0.3, 0.4) is 0 Å². The van der Waals surface area contributed by atoms with Gasteiger partial charge in [-0.2, -0.15) is 0 Å². The Morgan fingerprint density at radius 3 is 3.07 bits per heavy atom. The summed E-state index contributed by atoms with van der Waals surface area (Å²) >= 11 is 0. The van der Waals surface area contributed by atoms with Crippen molar-refractivity contribution in [2.24, 2.45) is 0 Å². The van der Waals surface area contributed by atoms with Crippen LogP contribution in [0.15, 0.2) is 0 Å². The Morgan fingerprint density at radius 1 is 1.60 bits per heavy atom. The molecule has 0 spiro atoms. The molecular weight excluding hydrogens is 194 g/mol. The van der Waals surface area contributed by atoms with Gasteiger partial charge in [0.15, 0.2) is 0 Å². The molecule has 1 aliphatic rings. The lowest BCUT2D eigenvalue weighted by Crippen LogP contribution is -2.50. The third-order valence-corrected chi connectivity index (χ3v) is 2.40. The first kappa shape index (κ1) is 12.0. The molecule has 1 heterocycles. The highest BCUT2D eigenvalue weighted by molar-refractivity contribution is 5.88. The lowest BCUT2D eigenvalue weighted by molar-refractivity contribution is -0.130. The Labute approximate surface area is 90.0 Å². The Kier molecular flexibility index (Phi) is 5.10. The van der Waals surface area contributed by atoms with Crippen molar-refractivity contribution in [3.63, 3.8) is 0 Å². The zero-order chi connectivity index (χ0) is 11.1. The van der Waals surface area contributed by atoms with Gasteiger partial charge >= 0.3 is 0 Å². The number of hydrogen-bond acceptors (Lipinski definition) is 3. The van der Waals surface area contributed by atoms with Crippen molar-refractivity contribution in [2.45, 2.75) is 32.2 Å². The number of nitrogens with one attached hydrogen (secondary N) is 3. The molecule has 15 heavy (non-hydrogen) atoms. The standard InChI is InChI=1S/C10H19N3O2/c1-2-11-7-5-9(14)13-8-4-3-6-12-10(8)15/h8,11H,2-7H2,1H3,(H,12,15)(H,13,14). The fourth-order valence-electron chi connectivity index (χ4n) is 1.55. The summed E-state index contributed by atoms with van der Waals surface area (Å²) in [5.41, 5.74) is 0. The topological polar surface area (TPSA) is 70.2 Å². The van der Waals surface area contributed by atoms with Crippen LogP contribution >= 0.6 is 0 Å². The van der Waals surface area contributed by atoms with Gasteiger partial charge in [-0.25, -0.2) is 0 Å². The SMILES string of the molecule is CCNCCC(=O)NC1CCCNC1=O. The van der Waals surface area contributed by atoms with Gasteiger partial charge in [-0.15, -0.1) is 0 Å². The summed E-state index contributed by atoms with van der Waals surface area (Å²) in [5, 5.41) is 8.54. The minimum Gasteiger partial charge on any atom is -0.354 e. The molecule has 1 saturated heterocycles. The summed E-state index contributed by atoms with van der Waals surface area (Å²) in [6.07, 6.45) is 2.11. The number of amides is 2. The Morgan fingerprint density at radius 2 is 2.40 bits per heavy atom. The number of hydrogen-bond donors (Lipinski definition) is 3. The summed E-state index contributed by atoms with van der Waals surface area (Å²) in [6.45, 7) is 4.24. The van der Waals surface area contributed by atoms with E-state index in [1.54, 1.807) is 0 Å². The van der Waals surface area contributed by atoms with Crippen LogP contribution in [0.5, 0.6) is 0 Å². The maximum Gasteiger partial charge on any atom is 0.242 e. The minimum absolute atomic E-state index is 0.0574. The lowest BCUT2D eigenvalue weighted by Gasteiger charge is -2.22. The van der Waals surface area contributed by atoms with Crippen molar-refractivity contribution in [1.82, 2.24) is 16.0 Å². The van der Waals surface area contributed by atoms with Crippen LogP contribution in [0.4, 0.5) is 0 Å². The van der Waals surface area contributed by atoms with E-state index in [9.17, 15) is 9.59 Å². The summed E-state index contributed by atoms with van der Waals surface area (Å²) < 4.78 is 0. The van der Waals surface area contributed by atoms with Gasteiger partial charge in [0.25, 0.3) is 0 Å². The monoisotopic (exact) mass is 213 g/mol. The minimum atomic E-state index is -0.326. The molecule has 5 heteroatoms. The van der Waals surface area contributed by atoms with E-state index in [0.717, 1.165) is 25.9 Å². The second-order valence-electron chi connectivity index (χ2n) is 3.66. The zero-order valence-corrected chi connectivity index (χ0v) is 9.14. The molecule has 0 aromatic rings. The molecule has 1 rings (SSSR count). The second-order valence-corrected chi connectivity index (χ2v) is 3.66. The van der Waals surface area contributed by atoms with Gasteiger partial charge in [-0.05, 0) is 19.4 Å². The summed E-state index contributed by atoms with van der Waals surface area (Å²) in [6, 6.07) is -0.326. The van der Waals surface area contributed by atoms with Crippen LogP contribution in [0.25, 0.3) is 0 Å². The first-order valence-corrected chi connectivity index (χ1v) is 5.52. The van der Waals surface area contributed by atoms with Crippen molar-refractivity contribution in [1.29, 1.82) is 0 Å². The molecule has 1 aliphatic heterocycles. The average molecular weight is 213 g/mol. The van der Waals surface area contributed by atoms with Gasteiger partial charge < -0.3 is 16.0 Å². The van der Waals surface area contributed by atoms with Crippen molar-refractivity contribution < 1.29 is 9.59 Å². The molecule has 86 valence electrons.